The Balaban J connectivity index is 1.03. The molecule has 0 N–H and O–H groups in total. The highest BCUT2D eigenvalue weighted by molar-refractivity contribution is 6.26. The lowest BCUT2D eigenvalue weighted by molar-refractivity contribution is 0.946. The van der Waals surface area contributed by atoms with Gasteiger partial charge in [0, 0.05) is 55.4 Å². The zero-order valence-corrected chi connectivity index (χ0v) is 39.2. The van der Waals surface area contributed by atoms with Crippen molar-refractivity contribution in [2.24, 2.45) is 4.99 Å². The molecule has 0 saturated heterocycles. The van der Waals surface area contributed by atoms with Crippen LogP contribution in [0.5, 0.6) is 0 Å². The Hall–Kier alpha value is -9.51. The summed E-state index contributed by atoms with van der Waals surface area (Å²) in [7, 11) is 0. The van der Waals surface area contributed by atoms with Crippen molar-refractivity contribution in [3.8, 4) is 44.8 Å². The van der Waals surface area contributed by atoms with E-state index in [0.717, 1.165) is 38.6 Å². The van der Waals surface area contributed by atoms with Crippen molar-refractivity contribution < 1.29 is 0 Å². The van der Waals surface area contributed by atoms with E-state index >= 15 is 0 Å². The third-order valence-corrected chi connectivity index (χ3v) is 15.1. The van der Waals surface area contributed by atoms with Gasteiger partial charge >= 0.3 is 0 Å². The highest BCUT2D eigenvalue weighted by Gasteiger charge is 2.22. The highest BCUT2D eigenvalue weighted by atomic mass is 15.2. The van der Waals surface area contributed by atoms with Crippen LogP contribution in [0.4, 0.5) is 5.69 Å². The summed E-state index contributed by atoms with van der Waals surface area (Å²) in [5.41, 5.74) is 15.2. The van der Waals surface area contributed by atoms with Gasteiger partial charge in [-0.05, 0) is 133 Å². The van der Waals surface area contributed by atoms with E-state index in [2.05, 4.69) is 269 Å². The number of rotatable bonds is 6. The fourth-order valence-corrected chi connectivity index (χ4v) is 11.8. The summed E-state index contributed by atoms with van der Waals surface area (Å²) < 4.78 is 4.81. The molecule has 0 spiro atoms. The first kappa shape index (κ1) is 40.4. The van der Waals surface area contributed by atoms with Gasteiger partial charge in [0.05, 0.1) is 27.4 Å². The van der Waals surface area contributed by atoms with Crippen LogP contribution in [0.25, 0.3) is 127 Å². The van der Waals surface area contributed by atoms with Gasteiger partial charge in [-0.2, -0.15) is 0 Å². The Morgan fingerprint density at radius 2 is 0.819 bits per heavy atom. The van der Waals surface area contributed by atoms with E-state index in [1.54, 1.807) is 0 Å². The second kappa shape index (κ2) is 16.0. The molecule has 0 radical (unpaired) electrons. The largest absolute Gasteiger partial charge is 0.327 e. The maximum Gasteiger partial charge on any atom is 0.115 e. The molecule has 4 heteroatoms. The van der Waals surface area contributed by atoms with Crippen LogP contribution in [0, 0.1) is 0 Å². The van der Waals surface area contributed by atoms with Gasteiger partial charge in [0.1, 0.15) is 6.67 Å². The lowest BCUT2D eigenvalue weighted by Gasteiger charge is -2.23. The Morgan fingerprint density at radius 3 is 1.50 bits per heavy atom. The first-order chi connectivity index (χ1) is 35.7. The zero-order chi connectivity index (χ0) is 47.3. The van der Waals surface area contributed by atoms with Gasteiger partial charge in [-0.15, -0.1) is 0 Å². The zero-order valence-electron chi connectivity index (χ0n) is 39.2. The second-order valence-corrected chi connectivity index (χ2v) is 19.1. The molecule has 0 atom stereocenters. The fraction of sp³-hybridized carbons (Fsp3) is 0.0147. The molecular formula is C68H44N4. The Labute approximate surface area is 415 Å². The second-order valence-electron chi connectivity index (χ2n) is 19.1. The molecule has 0 aliphatic carbocycles. The number of hydrogen-bond donors (Lipinski definition) is 0. The quantitative estimate of drug-likeness (QED) is 0.153. The number of nitrogens with zero attached hydrogens (tertiary/aromatic N) is 4. The molecule has 15 rings (SSSR count). The number of aromatic nitrogens is 2. The SMILES string of the molecule is C1=c2cc(-c3ccc4c5ccccc5n(-c5ccccc5)c4c3)c3c(cc(-c4ccccc4)c4c5cc(-c6ccccc6)ccc5ccc34)c2=NCN1c1ccc2c3ccccc3n(-c3ccccc3)c2c1. The van der Waals surface area contributed by atoms with Crippen molar-refractivity contribution in [3.05, 3.63) is 259 Å². The van der Waals surface area contributed by atoms with E-state index in [9.17, 15) is 0 Å². The summed E-state index contributed by atoms with van der Waals surface area (Å²) in [4.78, 5) is 7.91. The van der Waals surface area contributed by atoms with Crippen molar-refractivity contribution in [2.75, 3.05) is 11.6 Å². The average molecular weight is 917 g/mol. The van der Waals surface area contributed by atoms with Crippen LogP contribution < -0.4 is 15.5 Å². The minimum Gasteiger partial charge on any atom is -0.327 e. The van der Waals surface area contributed by atoms with Gasteiger partial charge in [0.25, 0.3) is 0 Å². The fourth-order valence-electron chi connectivity index (χ4n) is 11.8. The molecule has 12 aromatic carbocycles. The summed E-state index contributed by atoms with van der Waals surface area (Å²) in [5.74, 6) is 0. The molecule has 0 amide bonds. The van der Waals surface area contributed by atoms with E-state index < -0.39 is 0 Å². The minimum atomic E-state index is 0.485. The van der Waals surface area contributed by atoms with Gasteiger partial charge in [0.2, 0.25) is 0 Å². The summed E-state index contributed by atoms with van der Waals surface area (Å²) in [6.45, 7) is 0.485. The number of para-hydroxylation sites is 4. The van der Waals surface area contributed by atoms with E-state index in [4.69, 9.17) is 4.99 Å². The van der Waals surface area contributed by atoms with Crippen molar-refractivity contribution in [1.29, 1.82) is 0 Å². The number of hydrogen-bond acceptors (Lipinski definition) is 2. The van der Waals surface area contributed by atoms with Gasteiger partial charge in [-0.1, -0.05) is 176 Å². The van der Waals surface area contributed by atoms with E-state index in [1.807, 2.05) is 0 Å². The molecule has 0 unspecified atom stereocenters. The van der Waals surface area contributed by atoms with Crippen molar-refractivity contribution in [3.63, 3.8) is 0 Å². The summed E-state index contributed by atoms with van der Waals surface area (Å²) in [5, 5.41) is 14.3. The normalized spacial score (nSPS) is 12.6. The van der Waals surface area contributed by atoms with Crippen LogP contribution in [0.3, 0.4) is 0 Å². The van der Waals surface area contributed by atoms with Crippen molar-refractivity contribution >= 4 is 87.8 Å². The summed E-state index contributed by atoms with van der Waals surface area (Å²) in [6, 6.07) is 91.1. The average Bonchev–Trinajstić information content (AvgIpc) is 3.97. The molecular weight excluding hydrogens is 873 g/mol. The molecule has 1 aliphatic rings. The smallest absolute Gasteiger partial charge is 0.115 e. The van der Waals surface area contributed by atoms with Crippen LogP contribution in [0.1, 0.15) is 0 Å². The predicted octanol–water partition coefficient (Wildman–Crippen LogP) is 16.2. The minimum absolute atomic E-state index is 0.485. The molecule has 0 fully saturated rings. The maximum atomic E-state index is 5.59. The standard InChI is InChI=1S/C68H44N4/c1-5-17-44(18-6-1)47-30-29-46-31-35-57-66(58(46)37-47)60(45-19-7-2-8-20-45)41-61-67(57)59(48-32-34-55-53-25-13-15-27-62(53)71(64(55)39-48)50-21-9-3-10-22-50)38-49-42-70(43-69-68(49)61)52-33-36-56-54-26-14-16-28-63(54)72(65(56)40-52)51-23-11-4-12-24-51/h1-42H,43H2. The van der Waals surface area contributed by atoms with Gasteiger partial charge in [-0.3, -0.25) is 4.99 Å². The predicted molar refractivity (Wildman–Crippen MR) is 303 cm³/mol. The van der Waals surface area contributed by atoms with Gasteiger partial charge < -0.3 is 14.0 Å². The van der Waals surface area contributed by atoms with Gasteiger partial charge in [0.15, 0.2) is 0 Å². The lowest BCUT2D eigenvalue weighted by atomic mass is 9.85. The molecule has 1 aliphatic heterocycles. The summed E-state index contributed by atoms with van der Waals surface area (Å²) >= 11 is 0. The topological polar surface area (TPSA) is 25.5 Å². The molecule has 0 bridgehead atoms. The first-order valence-corrected chi connectivity index (χ1v) is 24.8. The summed E-state index contributed by atoms with van der Waals surface area (Å²) in [6.07, 6.45) is 2.33. The molecule has 3 heterocycles. The highest BCUT2D eigenvalue weighted by Crippen LogP contribution is 2.44. The molecule has 72 heavy (non-hydrogen) atoms. The van der Waals surface area contributed by atoms with Crippen LogP contribution in [0.15, 0.2) is 254 Å². The third kappa shape index (κ3) is 6.22. The lowest BCUT2D eigenvalue weighted by Crippen LogP contribution is -2.36. The maximum absolute atomic E-state index is 5.59. The van der Waals surface area contributed by atoms with Crippen LogP contribution in [0.2, 0.25) is 0 Å². The third-order valence-electron chi connectivity index (χ3n) is 15.1. The van der Waals surface area contributed by atoms with E-state index in [-0.39, 0.29) is 0 Å². The monoisotopic (exact) mass is 916 g/mol. The molecule has 4 nitrogen and oxygen atoms in total. The van der Waals surface area contributed by atoms with Gasteiger partial charge in [-0.25, -0.2) is 0 Å². The van der Waals surface area contributed by atoms with Crippen LogP contribution in [-0.2, 0) is 0 Å². The van der Waals surface area contributed by atoms with Crippen molar-refractivity contribution in [2.45, 2.75) is 0 Å². The van der Waals surface area contributed by atoms with Crippen molar-refractivity contribution in [1.82, 2.24) is 9.13 Å². The Morgan fingerprint density at radius 1 is 0.306 bits per heavy atom. The van der Waals surface area contributed by atoms with Crippen LogP contribution in [-0.4, -0.2) is 15.8 Å². The number of benzene rings is 12. The molecule has 14 aromatic rings. The Bertz CT molecular complexity index is 4630. The van der Waals surface area contributed by atoms with E-state index in [0.29, 0.717) is 6.67 Å². The first-order valence-electron chi connectivity index (χ1n) is 24.8. The number of fused-ring (bicyclic) bond motifs is 13. The molecule has 336 valence electrons. The molecule has 0 saturated carbocycles. The Kier molecular flexibility index (Phi) is 8.99. The number of anilines is 1. The molecule has 2 aromatic heterocycles. The van der Waals surface area contributed by atoms with Crippen LogP contribution >= 0.6 is 0 Å². The van der Waals surface area contributed by atoms with E-state index in [1.165, 1.54) is 98.4 Å².